The number of aromatic nitrogens is 4. The van der Waals surface area contributed by atoms with E-state index in [1.54, 1.807) is 10.7 Å². The summed E-state index contributed by atoms with van der Waals surface area (Å²) in [6.45, 7) is 6.39. The molecule has 1 aliphatic carbocycles. The standard InChI is InChI=1S/C20H22N4O/c1-4-19-22-20-21-17-9-15(10-18(25)16(17)11-24(20)23-19)14-7-5-13(6-8-14)12(2)3/h5-8,11-12,15H,4,9-10H2,1-3H3/t15-/m1/s1. The van der Waals surface area contributed by atoms with Gasteiger partial charge >= 0.3 is 0 Å². The molecule has 5 heteroatoms. The summed E-state index contributed by atoms with van der Waals surface area (Å²) < 4.78 is 1.63. The highest BCUT2D eigenvalue weighted by atomic mass is 16.1. The minimum Gasteiger partial charge on any atom is -0.294 e. The second-order valence-corrected chi connectivity index (χ2v) is 7.08. The molecule has 5 nitrogen and oxygen atoms in total. The molecule has 2 heterocycles. The molecular weight excluding hydrogens is 312 g/mol. The van der Waals surface area contributed by atoms with E-state index in [2.05, 4.69) is 53.2 Å². The van der Waals surface area contributed by atoms with Gasteiger partial charge in [-0.25, -0.2) is 9.50 Å². The molecule has 128 valence electrons. The van der Waals surface area contributed by atoms with Gasteiger partial charge in [0, 0.05) is 19.0 Å². The van der Waals surface area contributed by atoms with Crippen molar-refractivity contribution in [2.24, 2.45) is 0 Å². The van der Waals surface area contributed by atoms with Crippen molar-refractivity contribution in [3.63, 3.8) is 0 Å². The SMILES string of the molecule is CCc1nc2nc3c(cn2n1)C(=O)C[C@H](c1ccc(C(C)C)cc1)C3. The molecule has 0 saturated carbocycles. The lowest BCUT2D eigenvalue weighted by Crippen LogP contribution is -2.21. The average molecular weight is 334 g/mol. The normalized spacial score (nSPS) is 17.3. The van der Waals surface area contributed by atoms with E-state index in [1.165, 1.54) is 11.1 Å². The van der Waals surface area contributed by atoms with Crippen molar-refractivity contribution in [3.8, 4) is 0 Å². The number of benzene rings is 1. The first-order valence-electron chi connectivity index (χ1n) is 8.93. The quantitative estimate of drug-likeness (QED) is 0.732. The number of nitrogens with zero attached hydrogens (tertiary/aromatic N) is 4. The van der Waals surface area contributed by atoms with E-state index < -0.39 is 0 Å². The van der Waals surface area contributed by atoms with Crippen LogP contribution < -0.4 is 0 Å². The summed E-state index contributed by atoms with van der Waals surface area (Å²) in [6, 6.07) is 8.65. The Hall–Kier alpha value is -2.56. The highest BCUT2D eigenvalue weighted by Crippen LogP contribution is 2.32. The van der Waals surface area contributed by atoms with Gasteiger partial charge in [0.1, 0.15) is 0 Å². The Labute approximate surface area is 147 Å². The maximum absolute atomic E-state index is 12.7. The minimum atomic E-state index is 0.141. The van der Waals surface area contributed by atoms with E-state index in [-0.39, 0.29) is 11.7 Å². The lowest BCUT2D eigenvalue weighted by atomic mass is 9.81. The molecule has 1 aliphatic rings. The minimum absolute atomic E-state index is 0.141. The van der Waals surface area contributed by atoms with Gasteiger partial charge in [-0.3, -0.25) is 4.79 Å². The zero-order valence-corrected chi connectivity index (χ0v) is 14.9. The summed E-state index contributed by atoms with van der Waals surface area (Å²) in [6.07, 6.45) is 3.85. The third kappa shape index (κ3) is 2.84. The van der Waals surface area contributed by atoms with Crippen LogP contribution >= 0.6 is 0 Å². The number of fused-ring (bicyclic) bond motifs is 2. The number of aryl methyl sites for hydroxylation is 1. The second-order valence-electron chi connectivity index (χ2n) is 7.08. The van der Waals surface area contributed by atoms with Crippen LogP contribution in [0.3, 0.4) is 0 Å². The first-order valence-corrected chi connectivity index (χ1v) is 8.93. The zero-order chi connectivity index (χ0) is 17.6. The Kier molecular flexibility index (Phi) is 3.86. The van der Waals surface area contributed by atoms with Gasteiger partial charge in [0.15, 0.2) is 11.6 Å². The van der Waals surface area contributed by atoms with Gasteiger partial charge in [0.2, 0.25) is 0 Å². The maximum Gasteiger partial charge on any atom is 0.252 e. The Bertz CT molecular complexity index is 940. The molecule has 2 aromatic heterocycles. The maximum atomic E-state index is 12.7. The van der Waals surface area contributed by atoms with Crippen LogP contribution in [0.4, 0.5) is 0 Å². The van der Waals surface area contributed by atoms with E-state index in [0.29, 0.717) is 23.7 Å². The topological polar surface area (TPSA) is 60.1 Å². The van der Waals surface area contributed by atoms with Gasteiger partial charge < -0.3 is 0 Å². The molecule has 0 fully saturated rings. The molecule has 0 bridgehead atoms. The van der Waals surface area contributed by atoms with Crippen molar-refractivity contribution in [1.82, 2.24) is 19.6 Å². The predicted octanol–water partition coefficient (Wildman–Crippen LogP) is 3.72. The summed E-state index contributed by atoms with van der Waals surface area (Å²) >= 11 is 0. The molecule has 0 N–H and O–H groups in total. The smallest absolute Gasteiger partial charge is 0.252 e. The molecule has 25 heavy (non-hydrogen) atoms. The van der Waals surface area contributed by atoms with E-state index >= 15 is 0 Å². The Morgan fingerprint density at radius 2 is 1.92 bits per heavy atom. The third-order valence-corrected chi connectivity index (χ3v) is 5.02. The fourth-order valence-corrected chi connectivity index (χ4v) is 3.47. The van der Waals surface area contributed by atoms with E-state index in [0.717, 1.165) is 24.4 Å². The number of rotatable bonds is 3. The van der Waals surface area contributed by atoms with Crippen LogP contribution in [0, 0.1) is 0 Å². The van der Waals surface area contributed by atoms with Crippen molar-refractivity contribution < 1.29 is 4.79 Å². The van der Waals surface area contributed by atoms with Crippen LogP contribution in [0.15, 0.2) is 30.5 Å². The van der Waals surface area contributed by atoms with Crippen LogP contribution in [-0.4, -0.2) is 25.4 Å². The van der Waals surface area contributed by atoms with Crippen LogP contribution in [0.5, 0.6) is 0 Å². The Balaban J connectivity index is 1.68. The Morgan fingerprint density at radius 3 is 2.60 bits per heavy atom. The number of ketones is 1. The molecule has 1 aromatic carbocycles. The fraction of sp³-hybridized carbons (Fsp3) is 0.400. The highest BCUT2D eigenvalue weighted by molar-refractivity contribution is 5.98. The van der Waals surface area contributed by atoms with Crippen molar-refractivity contribution >= 4 is 11.6 Å². The Morgan fingerprint density at radius 1 is 1.16 bits per heavy atom. The molecule has 0 amide bonds. The lowest BCUT2D eigenvalue weighted by Gasteiger charge is -2.23. The average Bonchev–Trinajstić information content (AvgIpc) is 3.02. The number of Topliss-reactive ketones (excluding diaryl/α,β-unsaturated/α-hetero) is 1. The largest absolute Gasteiger partial charge is 0.294 e. The number of carbonyl (C=O) groups is 1. The van der Waals surface area contributed by atoms with Gasteiger partial charge in [-0.1, -0.05) is 45.0 Å². The lowest BCUT2D eigenvalue weighted by molar-refractivity contribution is 0.0962. The molecule has 1 atom stereocenters. The van der Waals surface area contributed by atoms with E-state index in [1.807, 2.05) is 6.92 Å². The van der Waals surface area contributed by atoms with Crippen molar-refractivity contribution in [1.29, 1.82) is 0 Å². The molecule has 0 spiro atoms. The first-order chi connectivity index (χ1) is 12.0. The molecule has 0 aliphatic heterocycles. The molecule has 0 saturated heterocycles. The first kappa shape index (κ1) is 15.9. The summed E-state index contributed by atoms with van der Waals surface area (Å²) in [4.78, 5) is 21.7. The highest BCUT2D eigenvalue weighted by Gasteiger charge is 2.28. The fourth-order valence-electron chi connectivity index (χ4n) is 3.47. The van der Waals surface area contributed by atoms with Gasteiger partial charge in [0.05, 0.1) is 11.3 Å². The second kappa shape index (κ2) is 6.06. The summed E-state index contributed by atoms with van der Waals surface area (Å²) in [7, 11) is 0. The van der Waals surface area contributed by atoms with Gasteiger partial charge in [-0.15, -0.1) is 5.10 Å². The number of hydrogen-bond donors (Lipinski definition) is 0. The van der Waals surface area contributed by atoms with E-state index in [9.17, 15) is 4.79 Å². The predicted molar refractivity (Wildman–Crippen MR) is 96.1 cm³/mol. The van der Waals surface area contributed by atoms with E-state index in [4.69, 9.17) is 0 Å². The van der Waals surface area contributed by atoms with Crippen molar-refractivity contribution in [2.45, 2.75) is 51.9 Å². The molecular formula is C20H22N4O. The van der Waals surface area contributed by atoms with Crippen molar-refractivity contribution in [2.75, 3.05) is 0 Å². The zero-order valence-electron chi connectivity index (χ0n) is 14.9. The summed E-state index contributed by atoms with van der Waals surface area (Å²) in [5, 5.41) is 4.37. The van der Waals surface area contributed by atoms with Crippen molar-refractivity contribution in [3.05, 3.63) is 58.7 Å². The van der Waals surface area contributed by atoms with Gasteiger partial charge in [0.25, 0.3) is 5.78 Å². The summed E-state index contributed by atoms with van der Waals surface area (Å²) in [5.74, 6) is 2.17. The van der Waals surface area contributed by atoms with Gasteiger partial charge in [-0.2, -0.15) is 4.98 Å². The molecule has 4 rings (SSSR count). The number of hydrogen-bond acceptors (Lipinski definition) is 4. The summed E-state index contributed by atoms with van der Waals surface area (Å²) in [5.41, 5.74) is 4.06. The van der Waals surface area contributed by atoms with Crippen LogP contribution in [0.1, 0.15) is 72.0 Å². The van der Waals surface area contributed by atoms with Crippen LogP contribution in [-0.2, 0) is 12.8 Å². The monoisotopic (exact) mass is 334 g/mol. The molecule has 0 unspecified atom stereocenters. The van der Waals surface area contributed by atoms with Crippen LogP contribution in [0.2, 0.25) is 0 Å². The van der Waals surface area contributed by atoms with Gasteiger partial charge in [-0.05, 0) is 29.4 Å². The molecule has 3 aromatic rings. The van der Waals surface area contributed by atoms with Crippen LogP contribution in [0.25, 0.3) is 5.78 Å². The molecule has 0 radical (unpaired) electrons. The number of carbonyl (C=O) groups excluding carboxylic acids is 1. The third-order valence-electron chi connectivity index (χ3n) is 5.02.